The summed E-state index contributed by atoms with van der Waals surface area (Å²) in [5, 5.41) is 0. The summed E-state index contributed by atoms with van der Waals surface area (Å²) >= 11 is 32.8. The largest absolute Gasteiger partial charge is 0.474 e. The van der Waals surface area contributed by atoms with E-state index in [0.29, 0.717) is 0 Å². The topological polar surface area (TPSA) is 89.5 Å². The lowest BCUT2D eigenvalue weighted by Gasteiger charge is -2.31. The van der Waals surface area contributed by atoms with Crippen molar-refractivity contribution in [3.8, 4) is 0 Å². The summed E-state index contributed by atoms with van der Waals surface area (Å²) in [7, 11) is -11.8. The molecule has 0 rings (SSSR count). The van der Waals surface area contributed by atoms with E-state index in [-0.39, 0.29) is 0 Å². The molecule has 0 aliphatic heterocycles. The van der Waals surface area contributed by atoms with E-state index < -0.39 is 95.6 Å². The molecular formula is C13H24Cl6O8P2. The van der Waals surface area contributed by atoms with E-state index in [1.807, 2.05) is 0 Å². The van der Waals surface area contributed by atoms with Crippen LogP contribution in [0, 0.1) is 5.41 Å². The quantitative estimate of drug-likeness (QED) is 0.130. The fourth-order valence-electron chi connectivity index (χ4n) is 1.10. The predicted molar refractivity (Wildman–Crippen MR) is 118 cm³/mol. The van der Waals surface area contributed by atoms with Gasteiger partial charge in [-0.3, -0.25) is 27.1 Å². The number of halogens is 6. The molecule has 0 heterocycles. The minimum Gasteiger partial charge on any atom is -0.286 e. The van der Waals surface area contributed by atoms with Crippen molar-refractivity contribution in [1.82, 2.24) is 0 Å². The summed E-state index contributed by atoms with van der Waals surface area (Å²) in [5.74, 6) is -15.8. The van der Waals surface area contributed by atoms with Gasteiger partial charge in [-0.05, 0) is 0 Å². The first kappa shape index (κ1) is 13.2. The first-order valence-electron chi connectivity index (χ1n) is 14.6. The van der Waals surface area contributed by atoms with Gasteiger partial charge in [0.2, 0.25) is 0 Å². The monoisotopic (exact) mass is 596 g/mol. The van der Waals surface area contributed by atoms with Gasteiger partial charge in [0.25, 0.3) is 0 Å². The van der Waals surface area contributed by atoms with Crippen molar-refractivity contribution in [2.75, 3.05) is 74.5 Å². The Bertz CT molecular complexity index is 951. The smallest absolute Gasteiger partial charge is 0.286 e. The lowest BCUT2D eigenvalue weighted by atomic mass is 9.96. The van der Waals surface area contributed by atoms with Crippen LogP contribution in [-0.2, 0) is 36.3 Å². The first-order valence-corrected chi connectivity index (χ1v) is 12.1. The molecule has 0 aliphatic carbocycles. The van der Waals surface area contributed by atoms with Gasteiger partial charge in [-0.15, -0.1) is 69.6 Å². The molecule has 176 valence electrons. The highest BCUT2D eigenvalue weighted by Crippen LogP contribution is 2.53. The van der Waals surface area contributed by atoms with Gasteiger partial charge in [0.15, 0.2) is 0 Å². The lowest BCUT2D eigenvalue weighted by Crippen LogP contribution is -2.36. The summed E-state index contributed by atoms with van der Waals surface area (Å²) in [6.07, 6.45) is 0. The molecule has 16 heteroatoms. The van der Waals surface area contributed by atoms with Crippen molar-refractivity contribution in [3.05, 3.63) is 0 Å². The zero-order chi connectivity index (χ0) is 36.6. The van der Waals surface area contributed by atoms with E-state index in [1.165, 1.54) is 0 Å². The second-order valence-corrected chi connectivity index (χ2v) is 8.69. The number of rotatable bonds is 20. The molecule has 0 aromatic carbocycles. The molecule has 0 unspecified atom stereocenters. The normalized spacial score (nSPS) is 25.3. The average Bonchev–Trinajstić information content (AvgIpc) is 2.75. The van der Waals surface area contributed by atoms with E-state index in [1.54, 1.807) is 0 Å². The Morgan fingerprint density at radius 3 is 1.07 bits per heavy atom. The summed E-state index contributed by atoms with van der Waals surface area (Å²) < 4.78 is 173. The van der Waals surface area contributed by atoms with Crippen molar-refractivity contribution in [1.29, 1.82) is 0 Å². The average molecular weight is 599 g/mol. The van der Waals surface area contributed by atoms with Crippen molar-refractivity contribution in [2.45, 2.75) is 0 Å². The zero-order valence-electron chi connectivity index (χ0n) is 29.8. The zero-order valence-corrected chi connectivity index (χ0v) is 20.1. The molecule has 0 aromatic heterocycles. The Kier molecular flexibility index (Phi) is 7.91. The molecule has 0 amide bonds. The van der Waals surface area contributed by atoms with Crippen LogP contribution in [0.3, 0.4) is 0 Å². The van der Waals surface area contributed by atoms with Gasteiger partial charge in [0.1, 0.15) is 0 Å². The highest BCUT2D eigenvalue weighted by atomic mass is 35.5. The first-order chi connectivity index (χ1) is 19.4. The summed E-state index contributed by atoms with van der Waals surface area (Å²) in [4.78, 5) is 0. The predicted octanol–water partition coefficient (Wildman–Crippen LogP) is 5.72. The molecule has 0 fully saturated rings. The number of phosphoric acid groups is 2. The maximum absolute atomic E-state index is 13.4. The van der Waals surface area contributed by atoms with Gasteiger partial charge in [-0.1, -0.05) is 0 Å². The van der Waals surface area contributed by atoms with Gasteiger partial charge in [0, 0.05) is 51.5 Å². The molecular weight excluding hydrogens is 559 g/mol. The van der Waals surface area contributed by atoms with Gasteiger partial charge in [-0.25, -0.2) is 9.13 Å². The molecule has 0 aliphatic rings. The van der Waals surface area contributed by atoms with Gasteiger partial charge in [0.05, 0.1) is 50.4 Å². The third-order valence-electron chi connectivity index (χ3n) is 2.41. The second kappa shape index (κ2) is 17.4. The molecule has 0 spiro atoms. The van der Waals surface area contributed by atoms with Crippen molar-refractivity contribution < 1.29 is 58.2 Å². The van der Waals surface area contributed by atoms with Crippen LogP contribution in [-0.4, -0.2) is 74.5 Å². The molecule has 0 saturated carbocycles. The molecule has 29 heavy (non-hydrogen) atoms. The fraction of sp³-hybridized carbons (Fsp3) is 1.00. The SMILES string of the molecule is [2H]C([2H])(Cl)C([2H])([2H])OP(=O)(OCC(CCl)(CCl)COP(=O)(OC([2H])([2H])C([2H])([2H])Cl)OC([2H])([2H])C([2H])([2H])Cl)OC([2H])([2H])C([2H])([2H])Cl. The minimum absolute atomic E-state index is 0.852. The number of hydrogen-bond donors (Lipinski definition) is 0. The van der Waals surface area contributed by atoms with Crippen LogP contribution in [0.1, 0.15) is 21.9 Å². The second-order valence-electron chi connectivity index (χ2n) is 4.36. The van der Waals surface area contributed by atoms with E-state index in [4.69, 9.17) is 101 Å². The lowest BCUT2D eigenvalue weighted by molar-refractivity contribution is 0.0461. The van der Waals surface area contributed by atoms with Crippen LogP contribution in [0.5, 0.6) is 0 Å². The maximum Gasteiger partial charge on any atom is 0.474 e. The van der Waals surface area contributed by atoms with Crippen molar-refractivity contribution in [2.24, 2.45) is 5.41 Å². The minimum atomic E-state index is -5.91. The van der Waals surface area contributed by atoms with E-state index in [2.05, 4.69) is 18.1 Å². The van der Waals surface area contributed by atoms with Crippen molar-refractivity contribution in [3.63, 3.8) is 0 Å². The molecule has 8 nitrogen and oxygen atoms in total. The van der Waals surface area contributed by atoms with Crippen LogP contribution in [0.4, 0.5) is 0 Å². The molecule has 0 radical (unpaired) electrons. The van der Waals surface area contributed by atoms with E-state index in [0.717, 1.165) is 0 Å². The van der Waals surface area contributed by atoms with E-state index in [9.17, 15) is 9.13 Å². The fourth-order valence-corrected chi connectivity index (χ4v) is 3.84. The Morgan fingerprint density at radius 2 is 0.862 bits per heavy atom. The summed E-state index contributed by atoms with van der Waals surface area (Å²) in [5.41, 5.74) is -2.16. The highest BCUT2D eigenvalue weighted by Gasteiger charge is 2.39. The molecule has 0 N–H and O–H groups in total. The van der Waals surface area contributed by atoms with Crippen LogP contribution in [0.25, 0.3) is 0 Å². The Hall–Kier alpha value is 1.96. The highest BCUT2D eigenvalue weighted by molar-refractivity contribution is 7.48. The maximum atomic E-state index is 13.4. The van der Waals surface area contributed by atoms with Gasteiger partial charge >= 0.3 is 15.6 Å². The van der Waals surface area contributed by atoms with Gasteiger partial charge < -0.3 is 0 Å². The Morgan fingerprint density at radius 1 is 0.586 bits per heavy atom. The molecule has 0 atom stereocenters. The summed E-state index contributed by atoms with van der Waals surface area (Å²) in [6, 6.07) is 0. The molecule has 0 saturated heterocycles. The third kappa shape index (κ3) is 13.3. The summed E-state index contributed by atoms with van der Waals surface area (Å²) in [6.45, 7) is -17.9. The molecule has 0 bridgehead atoms. The van der Waals surface area contributed by atoms with Crippen LogP contribution in [0.15, 0.2) is 0 Å². The number of hydrogen-bond acceptors (Lipinski definition) is 8. The Balaban J connectivity index is 6.68. The third-order valence-corrected chi connectivity index (χ3v) is 6.00. The van der Waals surface area contributed by atoms with Crippen LogP contribution in [0.2, 0.25) is 0 Å². The van der Waals surface area contributed by atoms with Crippen molar-refractivity contribution >= 4 is 85.3 Å². The number of phosphoric ester groups is 2. The number of alkyl halides is 6. The van der Waals surface area contributed by atoms with Gasteiger partial charge in [-0.2, -0.15) is 0 Å². The van der Waals surface area contributed by atoms with Crippen LogP contribution < -0.4 is 0 Å². The van der Waals surface area contributed by atoms with Crippen LogP contribution >= 0.6 is 85.3 Å². The Labute approximate surface area is 223 Å². The van der Waals surface area contributed by atoms with E-state index >= 15 is 0 Å². The molecule has 0 aromatic rings. The standard InChI is InChI=1S/C13H24Cl6O8P2/c14-1-5-22-28(20,23-6-2-15)26-11-13(9-18,10-19)12-27-29(21,24-7-3-16)25-8-4-17/h1-12H2/i1D2,2D2,3D2,4D2,5D2,6D2,7D2,8D2.